The highest BCUT2D eigenvalue weighted by Crippen LogP contribution is 2.39. The van der Waals surface area contributed by atoms with Crippen LogP contribution in [-0.2, 0) is 0 Å². The predicted molar refractivity (Wildman–Crippen MR) is 122 cm³/mol. The molecule has 32 heavy (non-hydrogen) atoms. The van der Waals surface area contributed by atoms with Gasteiger partial charge in [0, 0.05) is 18.0 Å². The largest absolute Gasteiger partial charge is 0.408 e. The van der Waals surface area contributed by atoms with Crippen LogP contribution in [0.4, 0.5) is 14.6 Å². The van der Waals surface area contributed by atoms with Crippen molar-refractivity contribution in [3.63, 3.8) is 0 Å². The molecule has 0 saturated carbocycles. The molecule has 2 heterocycles. The fourth-order valence-electron chi connectivity index (χ4n) is 2.77. The van der Waals surface area contributed by atoms with Gasteiger partial charge in [-0.25, -0.2) is 8.78 Å². The zero-order chi connectivity index (χ0) is 23.8. The van der Waals surface area contributed by atoms with Crippen molar-refractivity contribution in [1.82, 2.24) is 19.6 Å². The molecule has 2 aromatic heterocycles. The van der Waals surface area contributed by atoms with Gasteiger partial charge >= 0.3 is 0 Å². The van der Waals surface area contributed by atoms with E-state index in [9.17, 15) is 5.11 Å². The van der Waals surface area contributed by atoms with Gasteiger partial charge < -0.3 is 10.4 Å². The van der Waals surface area contributed by atoms with Crippen molar-refractivity contribution in [3.05, 3.63) is 40.8 Å². The number of nitrogens with zero attached hydrogens (tertiary/aromatic N) is 4. The molecule has 11 heteroatoms. The van der Waals surface area contributed by atoms with E-state index in [-0.39, 0.29) is 51.3 Å². The van der Waals surface area contributed by atoms with Gasteiger partial charge in [-0.15, -0.1) is 0 Å². The van der Waals surface area contributed by atoms with Gasteiger partial charge in [0.1, 0.15) is 44.6 Å². The first kappa shape index (κ1) is 24.0. The number of hydrogen-bond acceptors (Lipinski definition) is 5. The molecule has 0 fully saturated rings. The summed E-state index contributed by atoms with van der Waals surface area (Å²) in [5, 5.41) is 14.6. The van der Waals surface area contributed by atoms with E-state index >= 15 is 8.78 Å². The van der Waals surface area contributed by atoms with Crippen LogP contribution in [-0.4, -0.2) is 51.8 Å². The fourth-order valence-corrected chi connectivity index (χ4v) is 3.02. The monoisotopic (exact) mass is 453 g/mol. The Morgan fingerprint density at radius 3 is 2.41 bits per heavy atom. The number of hydrogen-bond donors (Lipinski definition) is 2. The maximum absolute atomic E-state index is 15.1. The Hall–Kier alpha value is -2.63. The van der Waals surface area contributed by atoms with E-state index in [0.717, 1.165) is 12.1 Å². The maximum atomic E-state index is 15.1. The smallest absolute Gasteiger partial charge is 0.255 e. The molecule has 3 rings (SSSR count). The van der Waals surface area contributed by atoms with Crippen molar-refractivity contribution < 1.29 is 13.9 Å². The van der Waals surface area contributed by atoms with Crippen LogP contribution in [0.5, 0.6) is 0 Å². The Kier molecular flexibility index (Phi) is 6.55. The highest BCUT2D eigenvalue weighted by atomic mass is 35.5. The van der Waals surface area contributed by atoms with Crippen molar-refractivity contribution in [2.24, 2.45) is 5.41 Å². The summed E-state index contributed by atoms with van der Waals surface area (Å²) >= 11 is 6.37. The topological polar surface area (TPSA) is 75.3 Å². The summed E-state index contributed by atoms with van der Waals surface area (Å²) in [5.74, 6) is 3.64. The third kappa shape index (κ3) is 5.22. The predicted octanol–water partition coefficient (Wildman–Crippen LogP) is 3.29. The van der Waals surface area contributed by atoms with Crippen LogP contribution in [0, 0.1) is 28.9 Å². The molecular weight excluding hydrogens is 433 g/mol. The lowest BCUT2D eigenvalue weighted by Crippen LogP contribution is -2.32. The van der Waals surface area contributed by atoms with E-state index < -0.39 is 17.0 Å². The van der Waals surface area contributed by atoms with Crippen molar-refractivity contribution in [3.8, 4) is 23.0 Å². The number of aliphatic hydroxyl groups is 1. The summed E-state index contributed by atoms with van der Waals surface area (Å²) in [6.07, 6.45) is 0.992. The van der Waals surface area contributed by atoms with Gasteiger partial charge in [0.2, 0.25) is 0 Å². The molecule has 1 atom stereocenters. The second-order valence-corrected chi connectivity index (χ2v) is 8.97. The SMILES string of the molecule is [B]C([B])(O)CC#Cc1cc(F)c(-c2c(Cl)nc3ncnn3c2N[C@H](C)C(C)(C)C)c(F)c1. The number of nitrogens with one attached hydrogen (secondary N) is 1. The van der Waals surface area contributed by atoms with Crippen molar-refractivity contribution in [1.29, 1.82) is 0 Å². The molecular formula is C21H20B2ClF2N5O. The van der Waals surface area contributed by atoms with Gasteiger partial charge in [-0.2, -0.15) is 19.6 Å². The zero-order valence-corrected chi connectivity index (χ0v) is 18.8. The molecule has 0 spiro atoms. The number of anilines is 1. The Balaban J connectivity index is 2.17. The van der Waals surface area contributed by atoms with Crippen molar-refractivity contribution in [2.45, 2.75) is 45.6 Å². The highest BCUT2D eigenvalue weighted by Gasteiger charge is 2.27. The number of rotatable bonds is 4. The molecule has 4 radical (unpaired) electrons. The third-order valence-electron chi connectivity index (χ3n) is 4.93. The lowest BCUT2D eigenvalue weighted by atomic mass is 9.64. The number of halogens is 3. The van der Waals surface area contributed by atoms with E-state index in [1.807, 2.05) is 27.7 Å². The van der Waals surface area contributed by atoms with Gasteiger partial charge in [-0.05, 0) is 29.9 Å². The zero-order valence-electron chi connectivity index (χ0n) is 18.0. The molecule has 0 amide bonds. The van der Waals surface area contributed by atoms with Crippen LogP contribution in [0.2, 0.25) is 5.15 Å². The van der Waals surface area contributed by atoms with E-state index in [1.165, 1.54) is 10.8 Å². The first-order chi connectivity index (χ1) is 14.8. The Morgan fingerprint density at radius 2 is 1.84 bits per heavy atom. The second kappa shape index (κ2) is 8.72. The minimum Gasteiger partial charge on any atom is -0.408 e. The normalized spacial score (nSPS) is 13.0. The Bertz CT molecular complexity index is 1200. The number of benzene rings is 1. The van der Waals surface area contributed by atoms with Crippen LogP contribution in [0.15, 0.2) is 18.5 Å². The van der Waals surface area contributed by atoms with E-state index in [0.29, 0.717) is 0 Å². The lowest BCUT2D eigenvalue weighted by molar-refractivity contribution is 0.219. The van der Waals surface area contributed by atoms with Crippen LogP contribution in [0.1, 0.15) is 39.7 Å². The van der Waals surface area contributed by atoms with Gasteiger partial charge in [0.25, 0.3) is 5.78 Å². The molecule has 0 unspecified atom stereocenters. The van der Waals surface area contributed by atoms with Crippen molar-refractivity contribution >= 4 is 38.9 Å². The first-order valence-corrected chi connectivity index (χ1v) is 10.1. The fraction of sp³-hybridized carbons (Fsp3) is 0.381. The minimum absolute atomic E-state index is 0.00793. The van der Waals surface area contributed by atoms with Crippen LogP contribution in [0.25, 0.3) is 16.9 Å². The van der Waals surface area contributed by atoms with Crippen LogP contribution >= 0.6 is 11.6 Å². The average molecular weight is 453 g/mol. The quantitative estimate of drug-likeness (QED) is 0.360. The minimum atomic E-state index is -2.00. The first-order valence-electron chi connectivity index (χ1n) is 9.72. The molecule has 162 valence electrons. The van der Waals surface area contributed by atoms with E-state index in [4.69, 9.17) is 27.3 Å². The second-order valence-electron chi connectivity index (χ2n) is 8.61. The van der Waals surface area contributed by atoms with Gasteiger partial charge in [-0.1, -0.05) is 44.2 Å². The lowest BCUT2D eigenvalue weighted by Gasteiger charge is -2.30. The van der Waals surface area contributed by atoms with Crippen molar-refractivity contribution in [2.75, 3.05) is 5.32 Å². The Morgan fingerprint density at radius 1 is 1.22 bits per heavy atom. The molecule has 1 aromatic carbocycles. The van der Waals surface area contributed by atoms with Gasteiger partial charge in [0.05, 0.1) is 11.1 Å². The summed E-state index contributed by atoms with van der Waals surface area (Å²) < 4.78 is 31.6. The summed E-state index contributed by atoms with van der Waals surface area (Å²) in [7, 11) is 10.5. The summed E-state index contributed by atoms with van der Waals surface area (Å²) in [6, 6.07) is 1.97. The highest BCUT2D eigenvalue weighted by molar-refractivity contribution is 6.38. The average Bonchev–Trinajstić information content (AvgIpc) is 3.09. The number of aromatic nitrogens is 4. The van der Waals surface area contributed by atoms with Crippen LogP contribution < -0.4 is 5.32 Å². The van der Waals surface area contributed by atoms with E-state index in [1.54, 1.807) is 0 Å². The standard InChI is InChI=1S/C21H20B2ClF2N5O/c1-11(20(2,3)4)29-18-16(17(24)30-19-27-10-28-31(18)19)15-13(25)8-12(9-14(15)26)6-5-7-21(22,23)32/h8-11,29,32H,7H2,1-4H3/t11-/m1/s1. The summed E-state index contributed by atoms with van der Waals surface area (Å²) in [6.45, 7) is 7.99. The molecule has 0 saturated heterocycles. The maximum Gasteiger partial charge on any atom is 0.255 e. The summed E-state index contributed by atoms with van der Waals surface area (Å²) in [5.41, 5.74) is -0.530. The Labute approximate surface area is 192 Å². The van der Waals surface area contributed by atoms with Crippen LogP contribution in [0.3, 0.4) is 0 Å². The summed E-state index contributed by atoms with van der Waals surface area (Å²) in [4.78, 5) is 8.15. The molecule has 3 aromatic rings. The third-order valence-corrected chi connectivity index (χ3v) is 5.20. The molecule has 0 aliphatic heterocycles. The number of fused-ring (bicyclic) bond motifs is 1. The van der Waals surface area contributed by atoms with E-state index in [2.05, 4.69) is 32.2 Å². The molecule has 0 aliphatic rings. The van der Waals surface area contributed by atoms with Gasteiger partial charge in [-0.3, -0.25) is 0 Å². The molecule has 0 bridgehead atoms. The van der Waals surface area contributed by atoms with Gasteiger partial charge in [0.15, 0.2) is 0 Å². The molecule has 6 nitrogen and oxygen atoms in total. The molecule has 0 aliphatic carbocycles. The molecule has 2 N–H and O–H groups in total.